The molecule has 0 radical (unpaired) electrons. The van der Waals surface area contributed by atoms with E-state index in [1.165, 1.54) is 61.1 Å². The Kier molecular flexibility index (Phi) is 13.6. The van der Waals surface area contributed by atoms with Gasteiger partial charge < -0.3 is 39.6 Å². The number of aromatic nitrogens is 3. The summed E-state index contributed by atoms with van der Waals surface area (Å²) in [5.41, 5.74) is -0.136. The first-order valence-electron chi connectivity index (χ1n) is 23.2. The van der Waals surface area contributed by atoms with Gasteiger partial charge in [0.25, 0.3) is 17.7 Å². The van der Waals surface area contributed by atoms with E-state index >= 15 is 4.39 Å². The Morgan fingerprint density at radius 2 is 1.60 bits per heavy atom. The Morgan fingerprint density at radius 3 is 2.33 bits per heavy atom. The van der Waals surface area contributed by atoms with E-state index in [-0.39, 0.29) is 106 Å². The number of imide groups is 1. The molecule has 2 fully saturated rings. The summed E-state index contributed by atoms with van der Waals surface area (Å²) in [5, 5.41) is 10.6. The van der Waals surface area contributed by atoms with Gasteiger partial charge in [0, 0.05) is 72.6 Å². The highest BCUT2D eigenvalue weighted by atomic mass is 19.4. The lowest BCUT2D eigenvalue weighted by Gasteiger charge is -2.29. The van der Waals surface area contributed by atoms with Gasteiger partial charge in [0.2, 0.25) is 29.0 Å². The number of hydrogen-bond donors (Lipinski definition) is 4. The molecule has 9 rings (SSSR count). The standard InChI is InChI=1S/C51H46F4N8O10/c1-25-44(45(66)34-17-29(51(53,54)55)8-12-37(34)62(25)2)48(69)60-31-10-14-39(35(52)18-31)73-49-33-19-40(71-3)41(20-36(33)57-24-58-49)72-23-43(65)56-21-26-4-6-27(7-5-26)46(67)59-30-9-11-32-28(16-30)22-63(50(32)70)38-13-15-42(64)61-47(38)68/h8-12,14,16-20,24,26-27,38H,4-7,13,15,21-23H2,1-3H3,(H,56,65)(H,59,67)(H,60,69)(H,61,64,68). The normalized spacial score (nSPS) is 17.8. The van der Waals surface area contributed by atoms with Crippen molar-refractivity contribution in [1.82, 2.24) is 30.1 Å². The van der Waals surface area contributed by atoms with Crippen molar-refractivity contribution in [2.24, 2.45) is 18.9 Å². The van der Waals surface area contributed by atoms with Crippen LogP contribution in [0.1, 0.15) is 76.1 Å². The number of benzene rings is 4. The average molecular weight is 1010 g/mol. The molecule has 4 heterocycles. The maximum atomic E-state index is 15.6. The van der Waals surface area contributed by atoms with Gasteiger partial charge in [0.05, 0.1) is 29.1 Å². The fraction of sp³-hybridized carbons (Fsp3) is 0.314. The van der Waals surface area contributed by atoms with Crippen LogP contribution in [-0.4, -0.2) is 81.2 Å². The van der Waals surface area contributed by atoms with E-state index in [9.17, 15) is 46.7 Å². The second-order valence-electron chi connectivity index (χ2n) is 18.1. The van der Waals surface area contributed by atoms with Crippen LogP contribution >= 0.6 is 0 Å². The predicted molar refractivity (Wildman–Crippen MR) is 255 cm³/mol. The maximum absolute atomic E-state index is 15.6. The van der Waals surface area contributed by atoms with Gasteiger partial charge in [-0.25, -0.2) is 14.4 Å². The molecule has 1 atom stereocenters. The van der Waals surface area contributed by atoms with Crippen molar-refractivity contribution >= 4 is 68.6 Å². The van der Waals surface area contributed by atoms with E-state index in [4.69, 9.17) is 14.2 Å². The fourth-order valence-electron chi connectivity index (χ4n) is 9.43. The van der Waals surface area contributed by atoms with Crippen molar-refractivity contribution in [3.8, 4) is 23.1 Å². The lowest BCUT2D eigenvalue weighted by Crippen LogP contribution is -2.52. The molecule has 1 unspecified atom stereocenters. The predicted octanol–water partition coefficient (Wildman–Crippen LogP) is 6.70. The number of rotatable bonds is 13. The van der Waals surface area contributed by atoms with Gasteiger partial charge in [0.15, 0.2) is 29.7 Å². The first-order chi connectivity index (χ1) is 34.9. The fourth-order valence-corrected chi connectivity index (χ4v) is 9.43. The minimum atomic E-state index is -4.72. The van der Waals surface area contributed by atoms with Crippen molar-refractivity contribution in [3.63, 3.8) is 0 Å². The minimum absolute atomic E-state index is 0.0773. The topological polar surface area (TPSA) is 229 Å². The van der Waals surface area contributed by atoms with E-state index in [0.717, 1.165) is 18.2 Å². The number of nitrogens with one attached hydrogen (secondary N) is 4. The summed E-state index contributed by atoms with van der Waals surface area (Å²) in [6.07, 6.45) is -0.550. The number of carbonyl (C=O) groups is 6. The first kappa shape index (κ1) is 49.5. The second kappa shape index (κ2) is 20.0. The number of nitrogens with zero attached hydrogens (tertiary/aromatic N) is 4. The monoisotopic (exact) mass is 1010 g/mol. The maximum Gasteiger partial charge on any atom is 0.416 e. The summed E-state index contributed by atoms with van der Waals surface area (Å²) in [6.45, 7) is 1.66. The van der Waals surface area contributed by atoms with Crippen molar-refractivity contribution in [2.45, 2.75) is 64.2 Å². The number of aryl methyl sites for hydroxylation is 1. The molecule has 22 heteroatoms. The molecule has 1 saturated heterocycles. The van der Waals surface area contributed by atoms with Crippen LogP contribution in [0.2, 0.25) is 0 Å². The molecule has 4 aromatic carbocycles. The molecule has 1 saturated carbocycles. The number of anilines is 2. The molecule has 0 spiro atoms. The molecule has 18 nitrogen and oxygen atoms in total. The van der Waals surface area contributed by atoms with Gasteiger partial charge in [-0.2, -0.15) is 13.2 Å². The van der Waals surface area contributed by atoms with E-state index in [1.54, 1.807) is 18.2 Å². The molecule has 2 aliphatic heterocycles. The summed E-state index contributed by atoms with van der Waals surface area (Å²) < 4.78 is 74.6. The zero-order chi connectivity index (χ0) is 51.9. The van der Waals surface area contributed by atoms with Crippen LogP contribution in [0, 0.1) is 24.6 Å². The Bertz CT molecular complexity index is 3340. The number of ether oxygens (including phenoxy) is 3. The number of alkyl halides is 3. The van der Waals surface area contributed by atoms with Gasteiger partial charge in [0.1, 0.15) is 17.9 Å². The summed E-state index contributed by atoms with van der Waals surface area (Å²) >= 11 is 0. The first-order valence-corrected chi connectivity index (χ1v) is 23.2. The highest BCUT2D eigenvalue weighted by molar-refractivity contribution is 6.07. The molecule has 378 valence electrons. The van der Waals surface area contributed by atoms with E-state index < -0.39 is 52.3 Å². The number of piperidine rings is 1. The van der Waals surface area contributed by atoms with Crippen LogP contribution in [0.3, 0.4) is 0 Å². The number of pyridine rings is 1. The van der Waals surface area contributed by atoms with E-state index in [1.807, 2.05) is 0 Å². The average Bonchev–Trinajstić information content (AvgIpc) is 3.68. The molecule has 1 aliphatic carbocycles. The number of carbonyl (C=O) groups excluding carboxylic acids is 6. The van der Waals surface area contributed by atoms with Crippen molar-refractivity contribution < 1.29 is 60.5 Å². The third-order valence-electron chi connectivity index (χ3n) is 13.5. The third kappa shape index (κ3) is 10.2. The molecule has 0 bridgehead atoms. The van der Waals surface area contributed by atoms with Gasteiger partial charge in [-0.3, -0.25) is 38.9 Å². The van der Waals surface area contributed by atoms with Gasteiger partial charge >= 0.3 is 6.18 Å². The van der Waals surface area contributed by atoms with Crippen molar-refractivity contribution in [2.75, 3.05) is 30.9 Å². The smallest absolute Gasteiger partial charge is 0.416 e. The number of halogens is 4. The highest BCUT2D eigenvalue weighted by Gasteiger charge is 2.39. The Hall–Kier alpha value is -8.43. The Morgan fingerprint density at radius 1 is 0.849 bits per heavy atom. The molecule has 2 aromatic heterocycles. The van der Waals surface area contributed by atoms with Crippen LogP contribution in [0.5, 0.6) is 23.1 Å². The number of fused-ring (bicyclic) bond motifs is 3. The van der Waals surface area contributed by atoms with Crippen LogP contribution in [0.4, 0.5) is 28.9 Å². The van der Waals surface area contributed by atoms with Crippen molar-refractivity contribution in [1.29, 1.82) is 0 Å². The molecular formula is C51H46F4N8O10. The van der Waals surface area contributed by atoms with Crippen LogP contribution < -0.4 is 40.9 Å². The number of methoxy groups -OCH3 is 1. The summed E-state index contributed by atoms with van der Waals surface area (Å²) in [6, 6.07) is 13.4. The SMILES string of the molecule is COc1cc2c(Oc3ccc(NC(=O)c4c(C)n(C)c5ccc(C(F)(F)F)cc5c4=O)cc3F)ncnc2cc1OCC(=O)NCC1CCC(C(=O)Nc2ccc3c(c2)CN(C2CCC(=O)NC2=O)C3=O)CC1. The largest absolute Gasteiger partial charge is 0.493 e. The number of amides is 6. The Balaban J connectivity index is 0.762. The quantitative estimate of drug-likeness (QED) is 0.0700. The van der Waals surface area contributed by atoms with E-state index in [0.29, 0.717) is 60.6 Å². The van der Waals surface area contributed by atoms with E-state index in [2.05, 4.69) is 31.2 Å². The summed E-state index contributed by atoms with van der Waals surface area (Å²) in [5.74, 6) is -3.76. The van der Waals surface area contributed by atoms with Gasteiger partial charge in [-0.15, -0.1) is 0 Å². The number of hydrogen-bond acceptors (Lipinski definition) is 12. The summed E-state index contributed by atoms with van der Waals surface area (Å²) in [4.78, 5) is 99.9. The Labute approximate surface area is 412 Å². The second-order valence-corrected chi connectivity index (χ2v) is 18.1. The highest BCUT2D eigenvalue weighted by Crippen LogP contribution is 2.38. The lowest BCUT2D eigenvalue weighted by atomic mass is 9.81. The molecular weight excluding hydrogens is 961 g/mol. The lowest BCUT2D eigenvalue weighted by molar-refractivity contribution is -0.138. The minimum Gasteiger partial charge on any atom is -0.493 e. The van der Waals surface area contributed by atoms with Crippen LogP contribution in [0.15, 0.2) is 77.9 Å². The molecule has 3 aliphatic rings. The zero-order valence-electron chi connectivity index (χ0n) is 39.4. The van der Waals surface area contributed by atoms with Crippen LogP contribution in [0.25, 0.3) is 21.8 Å². The van der Waals surface area contributed by atoms with Gasteiger partial charge in [-0.1, -0.05) is 0 Å². The van der Waals surface area contributed by atoms with Crippen LogP contribution in [-0.2, 0) is 38.9 Å². The molecule has 6 aromatic rings. The third-order valence-corrected chi connectivity index (χ3v) is 13.5. The van der Waals surface area contributed by atoms with Crippen molar-refractivity contribution in [3.05, 3.63) is 117 Å². The van der Waals surface area contributed by atoms with Gasteiger partial charge in [-0.05, 0) is 105 Å². The molecule has 4 N–H and O–H groups in total. The zero-order valence-corrected chi connectivity index (χ0v) is 39.4. The molecule has 6 amide bonds. The summed E-state index contributed by atoms with van der Waals surface area (Å²) in [7, 11) is 2.88. The molecule has 73 heavy (non-hydrogen) atoms.